The standard InChI is InChI=1S/C17H18FNOS/c1-13(14-5-3-2-4-6-14)11-19-17(20)12-21-16-9-7-15(18)8-10-16/h2-10,13H,11-12H2,1H3,(H,19,20)/t13-/m0/s1. The number of benzene rings is 2. The molecule has 0 spiro atoms. The van der Waals surface area contributed by atoms with Gasteiger partial charge in [-0.3, -0.25) is 4.79 Å². The Labute approximate surface area is 128 Å². The van der Waals surface area contributed by atoms with Gasteiger partial charge in [0.15, 0.2) is 0 Å². The van der Waals surface area contributed by atoms with Gasteiger partial charge in [0, 0.05) is 11.4 Å². The minimum Gasteiger partial charge on any atom is -0.355 e. The molecule has 0 radical (unpaired) electrons. The zero-order chi connectivity index (χ0) is 15.1. The summed E-state index contributed by atoms with van der Waals surface area (Å²) < 4.78 is 12.8. The number of carbonyl (C=O) groups excluding carboxylic acids is 1. The molecule has 0 fully saturated rings. The molecule has 0 aliphatic carbocycles. The lowest BCUT2D eigenvalue weighted by Crippen LogP contribution is -2.28. The first-order chi connectivity index (χ1) is 10.1. The van der Waals surface area contributed by atoms with Gasteiger partial charge in [-0.15, -0.1) is 11.8 Å². The number of rotatable bonds is 6. The van der Waals surface area contributed by atoms with Crippen molar-refractivity contribution in [3.63, 3.8) is 0 Å². The molecule has 2 aromatic rings. The van der Waals surface area contributed by atoms with Crippen molar-refractivity contribution in [1.29, 1.82) is 0 Å². The van der Waals surface area contributed by atoms with Gasteiger partial charge in [-0.05, 0) is 35.7 Å². The van der Waals surface area contributed by atoms with Crippen LogP contribution in [0.3, 0.4) is 0 Å². The first-order valence-corrected chi connectivity index (χ1v) is 7.83. The Morgan fingerprint density at radius 3 is 2.48 bits per heavy atom. The van der Waals surface area contributed by atoms with Crippen molar-refractivity contribution >= 4 is 17.7 Å². The monoisotopic (exact) mass is 303 g/mol. The Bertz CT molecular complexity index is 571. The Morgan fingerprint density at radius 1 is 1.14 bits per heavy atom. The number of amides is 1. The van der Waals surface area contributed by atoms with Gasteiger partial charge in [-0.25, -0.2) is 4.39 Å². The van der Waals surface area contributed by atoms with E-state index in [9.17, 15) is 9.18 Å². The van der Waals surface area contributed by atoms with E-state index in [1.54, 1.807) is 12.1 Å². The van der Waals surface area contributed by atoms with E-state index in [0.717, 1.165) is 4.90 Å². The molecule has 4 heteroatoms. The van der Waals surface area contributed by atoms with Gasteiger partial charge in [0.05, 0.1) is 5.75 Å². The molecule has 2 rings (SSSR count). The first kappa shape index (κ1) is 15.6. The lowest BCUT2D eigenvalue weighted by molar-refractivity contribution is -0.118. The molecule has 0 unspecified atom stereocenters. The van der Waals surface area contributed by atoms with Crippen molar-refractivity contribution in [3.05, 3.63) is 66.0 Å². The molecule has 0 heterocycles. The highest BCUT2D eigenvalue weighted by Gasteiger charge is 2.08. The summed E-state index contributed by atoms with van der Waals surface area (Å²) in [6.07, 6.45) is 0. The number of hydrogen-bond donors (Lipinski definition) is 1. The Hall–Kier alpha value is -1.81. The van der Waals surface area contributed by atoms with E-state index >= 15 is 0 Å². The van der Waals surface area contributed by atoms with E-state index in [1.165, 1.54) is 29.5 Å². The van der Waals surface area contributed by atoms with Crippen molar-refractivity contribution in [3.8, 4) is 0 Å². The lowest BCUT2D eigenvalue weighted by atomic mass is 10.0. The topological polar surface area (TPSA) is 29.1 Å². The molecule has 0 saturated heterocycles. The third-order valence-corrected chi connectivity index (χ3v) is 4.17. The SMILES string of the molecule is C[C@@H](CNC(=O)CSc1ccc(F)cc1)c1ccccc1. The van der Waals surface area contributed by atoms with Crippen LogP contribution in [0.25, 0.3) is 0 Å². The second-order valence-corrected chi connectivity index (χ2v) is 5.91. The van der Waals surface area contributed by atoms with E-state index in [1.807, 2.05) is 18.2 Å². The highest BCUT2D eigenvalue weighted by atomic mass is 32.2. The fraction of sp³-hybridized carbons (Fsp3) is 0.235. The van der Waals surface area contributed by atoms with Crippen LogP contribution in [0.2, 0.25) is 0 Å². The van der Waals surface area contributed by atoms with E-state index < -0.39 is 0 Å². The highest BCUT2D eigenvalue weighted by Crippen LogP contribution is 2.18. The van der Waals surface area contributed by atoms with Crippen LogP contribution in [0.4, 0.5) is 4.39 Å². The molecule has 0 saturated carbocycles. The van der Waals surface area contributed by atoms with Gasteiger partial charge in [0.25, 0.3) is 0 Å². The minimum atomic E-state index is -0.263. The summed E-state index contributed by atoms with van der Waals surface area (Å²) in [5.41, 5.74) is 1.21. The summed E-state index contributed by atoms with van der Waals surface area (Å²) in [6, 6.07) is 16.3. The summed E-state index contributed by atoms with van der Waals surface area (Å²) in [5.74, 6) is 0.353. The Morgan fingerprint density at radius 2 is 1.81 bits per heavy atom. The first-order valence-electron chi connectivity index (χ1n) is 6.85. The number of carbonyl (C=O) groups is 1. The van der Waals surface area contributed by atoms with E-state index in [0.29, 0.717) is 12.3 Å². The zero-order valence-electron chi connectivity index (χ0n) is 11.9. The van der Waals surface area contributed by atoms with Gasteiger partial charge in [-0.2, -0.15) is 0 Å². The summed E-state index contributed by atoms with van der Waals surface area (Å²) in [7, 11) is 0. The maximum Gasteiger partial charge on any atom is 0.230 e. The van der Waals surface area contributed by atoms with Crippen LogP contribution in [0, 0.1) is 5.82 Å². The second-order valence-electron chi connectivity index (χ2n) is 4.86. The van der Waals surface area contributed by atoms with Crippen molar-refractivity contribution in [2.75, 3.05) is 12.3 Å². The molecule has 110 valence electrons. The Kier molecular flexibility index (Phi) is 5.81. The second kappa shape index (κ2) is 7.84. The van der Waals surface area contributed by atoms with E-state index in [4.69, 9.17) is 0 Å². The van der Waals surface area contributed by atoms with Gasteiger partial charge in [0.1, 0.15) is 5.82 Å². The number of nitrogens with one attached hydrogen (secondary N) is 1. The number of thioether (sulfide) groups is 1. The number of halogens is 1. The molecule has 0 bridgehead atoms. The van der Waals surface area contributed by atoms with Crippen molar-refractivity contribution in [2.45, 2.75) is 17.7 Å². The van der Waals surface area contributed by atoms with Crippen LogP contribution < -0.4 is 5.32 Å². The van der Waals surface area contributed by atoms with Crippen molar-refractivity contribution in [1.82, 2.24) is 5.32 Å². The molecule has 2 aromatic carbocycles. The number of hydrogen-bond acceptors (Lipinski definition) is 2. The van der Waals surface area contributed by atoms with Crippen LogP contribution in [-0.4, -0.2) is 18.2 Å². The van der Waals surface area contributed by atoms with Gasteiger partial charge in [0.2, 0.25) is 5.91 Å². The van der Waals surface area contributed by atoms with Crippen LogP contribution >= 0.6 is 11.8 Å². The quantitative estimate of drug-likeness (QED) is 0.822. The fourth-order valence-electron chi connectivity index (χ4n) is 1.90. The van der Waals surface area contributed by atoms with E-state index in [-0.39, 0.29) is 17.6 Å². The van der Waals surface area contributed by atoms with Crippen LogP contribution in [0.1, 0.15) is 18.4 Å². The van der Waals surface area contributed by atoms with Gasteiger partial charge in [-0.1, -0.05) is 37.3 Å². The summed E-state index contributed by atoms with van der Waals surface area (Å²) in [5, 5.41) is 2.93. The van der Waals surface area contributed by atoms with Crippen molar-refractivity contribution in [2.24, 2.45) is 0 Å². The Balaban J connectivity index is 1.73. The molecule has 1 atom stereocenters. The minimum absolute atomic E-state index is 0.00731. The highest BCUT2D eigenvalue weighted by molar-refractivity contribution is 8.00. The van der Waals surface area contributed by atoms with E-state index in [2.05, 4.69) is 24.4 Å². The molecule has 1 amide bonds. The average Bonchev–Trinajstić information content (AvgIpc) is 2.53. The third kappa shape index (κ3) is 5.23. The summed E-state index contributed by atoms with van der Waals surface area (Å²) >= 11 is 1.41. The fourth-order valence-corrected chi connectivity index (χ4v) is 2.63. The van der Waals surface area contributed by atoms with Crippen LogP contribution in [-0.2, 0) is 4.79 Å². The molecule has 2 nitrogen and oxygen atoms in total. The van der Waals surface area contributed by atoms with Crippen molar-refractivity contribution < 1.29 is 9.18 Å². The average molecular weight is 303 g/mol. The molecule has 1 N–H and O–H groups in total. The predicted molar refractivity (Wildman–Crippen MR) is 85.0 cm³/mol. The van der Waals surface area contributed by atoms with Crippen LogP contribution in [0.5, 0.6) is 0 Å². The predicted octanol–water partition coefficient (Wildman–Crippen LogP) is 3.84. The molecule has 0 aromatic heterocycles. The largest absolute Gasteiger partial charge is 0.355 e. The summed E-state index contributed by atoms with van der Waals surface area (Å²) in [4.78, 5) is 12.7. The molecule has 0 aliphatic rings. The molecular formula is C17H18FNOS. The zero-order valence-corrected chi connectivity index (χ0v) is 12.7. The van der Waals surface area contributed by atoms with Crippen LogP contribution in [0.15, 0.2) is 59.5 Å². The maximum atomic E-state index is 12.8. The third-order valence-electron chi connectivity index (χ3n) is 3.16. The lowest BCUT2D eigenvalue weighted by Gasteiger charge is -2.13. The molecular weight excluding hydrogens is 285 g/mol. The normalized spacial score (nSPS) is 11.9. The van der Waals surface area contributed by atoms with Gasteiger partial charge >= 0.3 is 0 Å². The molecule has 0 aliphatic heterocycles. The maximum absolute atomic E-state index is 12.8. The smallest absolute Gasteiger partial charge is 0.230 e. The van der Waals surface area contributed by atoms with Gasteiger partial charge < -0.3 is 5.32 Å². The summed E-state index contributed by atoms with van der Waals surface area (Å²) in [6.45, 7) is 2.70. The molecule has 21 heavy (non-hydrogen) atoms.